The molecule has 1 aliphatic rings. The fraction of sp³-hybridized carbons (Fsp3) is 1.00. The smallest absolute Gasteiger partial charge is 0.153 e. The van der Waals surface area contributed by atoms with Gasteiger partial charge in [-0.25, -0.2) is 0 Å². The van der Waals surface area contributed by atoms with E-state index in [-0.39, 0.29) is 6.10 Å². The molecule has 66 valence electrons. The van der Waals surface area contributed by atoms with E-state index in [0.29, 0.717) is 0 Å². The van der Waals surface area contributed by atoms with Crippen molar-refractivity contribution in [3.8, 4) is 0 Å². The maximum absolute atomic E-state index is 7.69. The fourth-order valence-electron chi connectivity index (χ4n) is 2.29. The second kappa shape index (κ2) is 3.57. The van der Waals surface area contributed by atoms with Crippen molar-refractivity contribution in [1.29, 1.82) is 0 Å². The van der Waals surface area contributed by atoms with Crippen LogP contribution in [0.4, 0.5) is 0 Å². The first-order valence-corrected chi connectivity index (χ1v) is 4.82. The lowest BCUT2D eigenvalue weighted by molar-refractivity contribution is 0.0554. The summed E-state index contributed by atoms with van der Waals surface area (Å²) in [6.07, 6.45) is 3.78. The van der Waals surface area contributed by atoms with Gasteiger partial charge in [-0.15, -0.1) is 0 Å². The van der Waals surface area contributed by atoms with Crippen molar-refractivity contribution < 1.29 is 5.11 Å². The maximum Gasteiger partial charge on any atom is 0.153 e. The lowest BCUT2D eigenvalue weighted by Gasteiger charge is -2.32. The average Bonchev–Trinajstić information content (AvgIpc) is 1.94. The Bertz CT molecular complexity index is 120. The van der Waals surface area contributed by atoms with Crippen LogP contribution in [0.15, 0.2) is 0 Å². The molecule has 3 atom stereocenters. The molecule has 0 spiro atoms. The molecule has 1 heteroatoms. The Kier molecular flexibility index (Phi) is 2.94. The molecule has 0 aliphatic heterocycles. The topological polar surface area (TPSA) is 22.9 Å². The molecule has 2 N–H and O–H groups in total. The first-order valence-electron chi connectivity index (χ1n) is 4.82. The Morgan fingerprint density at radius 2 is 1.91 bits per heavy atom. The number of hydrogen-bond donors (Lipinski definition) is 0. The summed E-state index contributed by atoms with van der Waals surface area (Å²) in [6.45, 7) is 6.93. The summed E-state index contributed by atoms with van der Waals surface area (Å²) in [5.74, 6) is 2.45. The second-order valence-electron chi connectivity index (χ2n) is 4.40. The normalized spacial score (nSPS) is 39.5. The molecule has 0 aromatic carbocycles. The molecule has 1 saturated carbocycles. The lowest BCUT2D eigenvalue weighted by atomic mass is 9.73. The molecule has 11 heavy (non-hydrogen) atoms. The number of rotatable bonds is 1. The Labute approximate surface area is 69.8 Å². The van der Waals surface area contributed by atoms with Gasteiger partial charge >= 0.3 is 0 Å². The quantitative estimate of drug-likeness (QED) is 0.521. The van der Waals surface area contributed by atoms with Crippen LogP contribution in [0.3, 0.4) is 0 Å². The summed E-state index contributed by atoms with van der Waals surface area (Å²) in [7, 11) is 0. The monoisotopic (exact) mass is 157 g/mol. The third-order valence-corrected chi connectivity index (χ3v) is 3.11. The SMILES string of the molecule is CC(C)C1CC([OH2+])CCC1C. The predicted molar refractivity (Wildman–Crippen MR) is 48.7 cm³/mol. The molecule has 0 radical (unpaired) electrons. The van der Waals surface area contributed by atoms with Gasteiger partial charge in [0.25, 0.3) is 0 Å². The van der Waals surface area contributed by atoms with Gasteiger partial charge in [0.2, 0.25) is 0 Å². The van der Waals surface area contributed by atoms with E-state index in [4.69, 9.17) is 5.11 Å². The minimum Gasteiger partial charge on any atom is -0.443 e. The average molecular weight is 157 g/mol. The van der Waals surface area contributed by atoms with Gasteiger partial charge in [-0.3, -0.25) is 0 Å². The van der Waals surface area contributed by atoms with Gasteiger partial charge in [0.15, 0.2) is 6.10 Å². The van der Waals surface area contributed by atoms with E-state index in [2.05, 4.69) is 20.8 Å². The van der Waals surface area contributed by atoms with E-state index in [0.717, 1.165) is 30.6 Å². The standard InChI is InChI=1S/C10H20O/c1-7(2)10-6-9(11)5-4-8(10)3/h7-11H,4-6H2,1-3H3/p+1. The van der Waals surface area contributed by atoms with Crippen LogP contribution in [0, 0.1) is 17.8 Å². The van der Waals surface area contributed by atoms with Gasteiger partial charge in [-0.05, 0) is 24.2 Å². The second-order valence-corrected chi connectivity index (χ2v) is 4.40. The molecule has 3 unspecified atom stereocenters. The third kappa shape index (κ3) is 2.19. The van der Waals surface area contributed by atoms with Crippen molar-refractivity contribution in [3.63, 3.8) is 0 Å². The van der Waals surface area contributed by atoms with Gasteiger partial charge in [-0.1, -0.05) is 20.8 Å². The summed E-state index contributed by atoms with van der Waals surface area (Å²) >= 11 is 0. The minimum absolute atomic E-state index is 0.235. The van der Waals surface area contributed by atoms with Gasteiger partial charge in [-0.2, -0.15) is 0 Å². The molecule has 0 bridgehead atoms. The highest BCUT2D eigenvalue weighted by atomic mass is 16.3. The molecule has 1 fully saturated rings. The zero-order valence-corrected chi connectivity index (χ0v) is 7.93. The van der Waals surface area contributed by atoms with E-state index >= 15 is 0 Å². The van der Waals surface area contributed by atoms with Crippen LogP contribution in [0.5, 0.6) is 0 Å². The molecular formula is C10H21O+. The van der Waals surface area contributed by atoms with Crippen LogP contribution < -0.4 is 0 Å². The van der Waals surface area contributed by atoms with Crippen molar-refractivity contribution >= 4 is 0 Å². The van der Waals surface area contributed by atoms with Crippen molar-refractivity contribution in [2.75, 3.05) is 0 Å². The fourth-order valence-corrected chi connectivity index (χ4v) is 2.29. The highest BCUT2D eigenvalue weighted by molar-refractivity contribution is 4.79. The summed E-state index contributed by atoms with van der Waals surface area (Å²) in [5.41, 5.74) is 0. The first-order chi connectivity index (χ1) is 5.11. The van der Waals surface area contributed by atoms with Gasteiger partial charge in [0, 0.05) is 12.8 Å². The zero-order chi connectivity index (χ0) is 8.43. The summed E-state index contributed by atoms with van der Waals surface area (Å²) in [6, 6.07) is 0. The minimum atomic E-state index is 0.235. The largest absolute Gasteiger partial charge is 0.443 e. The van der Waals surface area contributed by atoms with Crippen molar-refractivity contribution in [2.24, 2.45) is 17.8 Å². The van der Waals surface area contributed by atoms with Gasteiger partial charge in [0.1, 0.15) is 0 Å². The molecular weight excluding hydrogens is 136 g/mol. The number of hydrogen-bond acceptors (Lipinski definition) is 0. The van der Waals surface area contributed by atoms with E-state index in [1.165, 1.54) is 6.42 Å². The van der Waals surface area contributed by atoms with Crippen LogP contribution in [-0.4, -0.2) is 11.2 Å². The van der Waals surface area contributed by atoms with E-state index in [1.807, 2.05) is 0 Å². The maximum atomic E-state index is 7.69. The Morgan fingerprint density at radius 3 is 2.36 bits per heavy atom. The van der Waals surface area contributed by atoms with Gasteiger partial charge in [0.05, 0.1) is 0 Å². The summed E-state index contributed by atoms with van der Waals surface area (Å²) in [4.78, 5) is 0. The van der Waals surface area contributed by atoms with Crippen molar-refractivity contribution in [2.45, 2.75) is 46.1 Å². The molecule has 0 saturated heterocycles. The predicted octanol–water partition coefficient (Wildman–Crippen LogP) is 2.17. The first kappa shape index (κ1) is 9.05. The molecule has 0 amide bonds. The van der Waals surface area contributed by atoms with Crippen LogP contribution >= 0.6 is 0 Å². The summed E-state index contributed by atoms with van der Waals surface area (Å²) < 4.78 is 0. The molecule has 0 heterocycles. The Balaban J connectivity index is 2.47. The Hall–Kier alpha value is -0.0400. The van der Waals surface area contributed by atoms with Crippen LogP contribution in [0.1, 0.15) is 40.0 Å². The highest BCUT2D eigenvalue weighted by Crippen LogP contribution is 2.34. The molecule has 0 aromatic rings. The molecule has 0 aromatic heterocycles. The molecule has 1 nitrogen and oxygen atoms in total. The van der Waals surface area contributed by atoms with Crippen LogP contribution in [0.2, 0.25) is 0 Å². The van der Waals surface area contributed by atoms with E-state index < -0.39 is 0 Å². The highest BCUT2D eigenvalue weighted by Gasteiger charge is 2.30. The molecule has 1 aliphatic carbocycles. The van der Waals surface area contributed by atoms with Crippen LogP contribution in [-0.2, 0) is 0 Å². The van der Waals surface area contributed by atoms with E-state index in [9.17, 15) is 0 Å². The van der Waals surface area contributed by atoms with Gasteiger partial charge < -0.3 is 5.11 Å². The lowest BCUT2D eigenvalue weighted by Crippen LogP contribution is -2.29. The third-order valence-electron chi connectivity index (χ3n) is 3.11. The molecule has 1 rings (SSSR count). The zero-order valence-electron chi connectivity index (χ0n) is 7.93. The van der Waals surface area contributed by atoms with Crippen molar-refractivity contribution in [1.82, 2.24) is 0 Å². The van der Waals surface area contributed by atoms with Crippen LogP contribution in [0.25, 0.3) is 0 Å². The van der Waals surface area contributed by atoms with E-state index in [1.54, 1.807) is 0 Å². The Morgan fingerprint density at radius 1 is 1.27 bits per heavy atom. The van der Waals surface area contributed by atoms with Crippen molar-refractivity contribution in [3.05, 3.63) is 0 Å². The summed E-state index contributed by atoms with van der Waals surface area (Å²) in [5, 5.41) is 7.69.